The van der Waals surface area contributed by atoms with Gasteiger partial charge in [-0.1, -0.05) is 19.9 Å². The molecule has 336 valence electrons. The molecule has 4 saturated heterocycles. The maximum absolute atomic E-state index is 16.2. The number of piperidine rings is 3. The van der Waals surface area contributed by atoms with Gasteiger partial charge in [-0.2, -0.15) is 0 Å². The van der Waals surface area contributed by atoms with Gasteiger partial charge < -0.3 is 15.5 Å². The van der Waals surface area contributed by atoms with Gasteiger partial charge in [-0.3, -0.25) is 43.8 Å². The Hall–Kier alpha value is -5.86. The van der Waals surface area contributed by atoms with Crippen LogP contribution >= 0.6 is 11.3 Å². The van der Waals surface area contributed by atoms with Crippen molar-refractivity contribution in [2.45, 2.75) is 70.3 Å². The van der Waals surface area contributed by atoms with Crippen LogP contribution in [0.15, 0.2) is 48.7 Å². The van der Waals surface area contributed by atoms with Crippen LogP contribution in [0.25, 0.3) is 21.8 Å². The van der Waals surface area contributed by atoms with Crippen LogP contribution in [0.2, 0.25) is 0 Å². The highest BCUT2D eigenvalue weighted by atomic mass is 32.2. The summed E-state index contributed by atoms with van der Waals surface area (Å²) in [5, 5.41) is 2.98. The molecule has 5 aliphatic rings. The summed E-state index contributed by atoms with van der Waals surface area (Å²) >= 11 is 1.38. The normalized spacial score (nSPS) is 20.9. The standard InChI is InChI=1S/C44H49FN10O7S2/c1-3-21-64(61,62)51-30-6-4-5-28(35(30)45)36-37(31-11-16-47-42(46)48-31)63-41(50-36)43(2)12-19-53(20-13-43)34(57)23-52-17-14-44(15-18-52)24-54(25-44)26-7-8-27-29(22-26)40(60)55(39(27)59)32-9-10-33(56)49-38(32)58/h4-8,11,16,22,32,51H,3,9-10,12-15,17-21,23-25H2,1-2H3,(H2,46,47,48)(H,49,56,58)/t32-/m1/s1. The van der Waals surface area contributed by atoms with E-state index in [0.29, 0.717) is 55.2 Å². The Morgan fingerprint density at radius 1 is 0.969 bits per heavy atom. The van der Waals surface area contributed by atoms with Crippen LogP contribution in [0.3, 0.4) is 0 Å². The van der Waals surface area contributed by atoms with Crippen LogP contribution in [0, 0.1) is 11.2 Å². The van der Waals surface area contributed by atoms with Gasteiger partial charge in [0.15, 0.2) is 5.82 Å². The van der Waals surface area contributed by atoms with Gasteiger partial charge in [-0.25, -0.2) is 27.8 Å². The van der Waals surface area contributed by atoms with Gasteiger partial charge in [0, 0.05) is 60.9 Å². The lowest BCUT2D eigenvalue weighted by atomic mass is 9.71. The molecular formula is C44H49FN10O7S2. The molecule has 0 aliphatic carbocycles. The van der Waals surface area contributed by atoms with E-state index in [2.05, 4.69) is 36.7 Å². The molecule has 2 aromatic carbocycles. The molecule has 7 heterocycles. The van der Waals surface area contributed by atoms with E-state index >= 15 is 4.39 Å². The van der Waals surface area contributed by atoms with E-state index < -0.39 is 50.9 Å². The fraction of sp³-hybridized carbons (Fsp3) is 0.455. The monoisotopic (exact) mass is 912 g/mol. The van der Waals surface area contributed by atoms with E-state index in [1.165, 1.54) is 23.6 Å². The molecule has 0 bridgehead atoms. The summed E-state index contributed by atoms with van der Waals surface area (Å²) in [7, 11) is -3.76. The van der Waals surface area contributed by atoms with Gasteiger partial charge in [0.05, 0.1) is 50.4 Å². The van der Waals surface area contributed by atoms with Crippen LogP contribution in [0.4, 0.5) is 21.7 Å². The second kappa shape index (κ2) is 16.6. The second-order valence-electron chi connectivity index (χ2n) is 17.8. The zero-order valence-electron chi connectivity index (χ0n) is 35.6. The third-order valence-electron chi connectivity index (χ3n) is 13.4. The zero-order valence-corrected chi connectivity index (χ0v) is 37.2. The third kappa shape index (κ3) is 8.10. The van der Waals surface area contributed by atoms with Crippen LogP contribution in [-0.2, 0) is 29.8 Å². The van der Waals surface area contributed by atoms with Crippen LogP contribution in [-0.4, -0.2) is 125 Å². The highest BCUT2D eigenvalue weighted by molar-refractivity contribution is 7.92. The van der Waals surface area contributed by atoms with Crippen molar-refractivity contribution in [3.05, 3.63) is 70.6 Å². The lowest BCUT2D eigenvalue weighted by Crippen LogP contribution is -2.61. The highest BCUT2D eigenvalue weighted by Gasteiger charge is 2.48. The topological polar surface area (TPSA) is 221 Å². The number of nitrogens with one attached hydrogen (secondary N) is 2. The molecule has 64 heavy (non-hydrogen) atoms. The number of fused-ring (bicyclic) bond motifs is 1. The third-order valence-corrected chi connectivity index (χ3v) is 16.2. The van der Waals surface area contributed by atoms with Gasteiger partial charge in [0.25, 0.3) is 11.8 Å². The molecule has 4 fully saturated rings. The first-order valence-corrected chi connectivity index (χ1v) is 24.0. The molecule has 9 rings (SSSR count). The van der Waals surface area contributed by atoms with E-state index in [0.717, 1.165) is 54.6 Å². The van der Waals surface area contributed by atoms with Crippen LogP contribution in [0.5, 0.6) is 0 Å². The van der Waals surface area contributed by atoms with Gasteiger partial charge in [0.2, 0.25) is 33.7 Å². The molecule has 4 N–H and O–H groups in total. The molecule has 0 radical (unpaired) electrons. The number of nitrogens with zero attached hydrogens (tertiary/aromatic N) is 7. The lowest BCUT2D eigenvalue weighted by Gasteiger charge is -2.55. The van der Waals surface area contributed by atoms with Crippen LogP contribution < -0.4 is 20.7 Å². The first kappa shape index (κ1) is 43.4. The average molecular weight is 913 g/mol. The number of anilines is 3. The van der Waals surface area contributed by atoms with E-state index in [-0.39, 0.29) is 58.2 Å². The van der Waals surface area contributed by atoms with Crippen molar-refractivity contribution in [2.75, 3.05) is 66.9 Å². The summed E-state index contributed by atoms with van der Waals surface area (Å²) in [6.07, 6.45) is 5.17. The number of sulfonamides is 1. The van der Waals surface area contributed by atoms with E-state index in [4.69, 9.17) is 10.7 Å². The quantitative estimate of drug-likeness (QED) is 0.181. The van der Waals surface area contributed by atoms with Crippen LogP contribution in [0.1, 0.15) is 84.5 Å². The minimum Gasteiger partial charge on any atom is -0.370 e. The molecule has 0 saturated carbocycles. The van der Waals surface area contributed by atoms with Gasteiger partial charge in [0.1, 0.15) is 6.04 Å². The van der Waals surface area contributed by atoms with Crippen molar-refractivity contribution in [2.24, 2.45) is 5.41 Å². The Morgan fingerprint density at radius 3 is 2.41 bits per heavy atom. The summed E-state index contributed by atoms with van der Waals surface area (Å²) in [5.74, 6) is -2.87. The number of nitrogens with two attached hydrogens (primary N) is 1. The number of halogens is 1. The van der Waals surface area contributed by atoms with Crippen molar-refractivity contribution in [3.63, 3.8) is 0 Å². The fourth-order valence-electron chi connectivity index (χ4n) is 9.57. The number of hydrogen-bond acceptors (Lipinski definition) is 14. The minimum atomic E-state index is -3.76. The predicted molar refractivity (Wildman–Crippen MR) is 237 cm³/mol. The Labute approximate surface area is 373 Å². The summed E-state index contributed by atoms with van der Waals surface area (Å²) in [6, 6.07) is 10.4. The molecule has 4 aromatic rings. The SMILES string of the molecule is CCCS(=O)(=O)Nc1cccc(-c2nc(C3(C)CCN(C(=O)CN4CCC5(CC4)CN(c4ccc6c(c4)C(=O)N([C@@H]4CCC(=O)NC4=O)C6=O)C5)CC3)sc2-c2ccnc(N)n2)c1F. The number of nitrogen functional groups attached to an aromatic ring is 1. The average Bonchev–Trinajstić information content (AvgIpc) is 3.80. The maximum Gasteiger partial charge on any atom is 0.262 e. The number of aromatic nitrogens is 3. The number of hydrogen-bond donors (Lipinski definition) is 3. The van der Waals surface area contributed by atoms with Gasteiger partial charge in [-0.15, -0.1) is 11.3 Å². The number of likely N-dealkylation sites (tertiary alicyclic amines) is 2. The van der Waals surface area contributed by atoms with Crippen molar-refractivity contribution in [1.29, 1.82) is 0 Å². The number of rotatable bonds is 11. The molecule has 5 amide bonds. The molecular weight excluding hydrogens is 864 g/mol. The lowest BCUT2D eigenvalue weighted by molar-refractivity contribution is -0.136. The van der Waals surface area contributed by atoms with Gasteiger partial charge in [-0.05, 0) is 88.0 Å². The Bertz CT molecular complexity index is 2690. The van der Waals surface area contributed by atoms with Crippen molar-refractivity contribution in [3.8, 4) is 21.8 Å². The molecule has 0 unspecified atom stereocenters. The maximum atomic E-state index is 16.2. The number of imide groups is 2. The smallest absolute Gasteiger partial charge is 0.262 e. The predicted octanol–water partition coefficient (Wildman–Crippen LogP) is 4.02. The number of carbonyl (C=O) groups excluding carboxylic acids is 5. The van der Waals surface area contributed by atoms with Crippen molar-refractivity contribution >= 4 is 68.2 Å². The van der Waals surface area contributed by atoms with Crippen molar-refractivity contribution in [1.82, 2.24) is 35.0 Å². The largest absolute Gasteiger partial charge is 0.370 e. The molecule has 5 aliphatic heterocycles. The van der Waals surface area contributed by atoms with Gasteiger partial charge >= 0.3 is 0 Å². The summed E-state index contributed by atoms with van der Waals surface area (Å²) < 4.78 is 43.7. The summed E-state index contributed by atoms with van der Waals surface area (Å²) in [6.45, 7) is 8.33. The summed E-state index contributed by atoms with van der Waals surface area (Å²) in [5.41, 5.74) is 7.71. The fourth-order valence-corrected chi connectivity index (χ4v) is 12.0. The number of benzene rings is 2. The zero-order chi connectivity index (χ0) is 45.1. The first-order chi connectivity index (χ1) is 30.6. The number of carbonyl (C=O) groups is 5. The Morgan fingerprint density at radius 2 is 1.70 bits per heavy atom. The molecule has 1 spiro atoms. The number of amides is 5. The molecule has 2 aromatic heterocycles. The van der Waals surface area contributed by atoms with Crippen molar-refractivity contribution < 1.29 is 36.8 Å². The van der Waals surface area contributed by atoms with E-state index in [9.17, 15) is 32.4 Å². The Balaban J connectivity index is 0.809. The molecule has 1 atom stereocenters. The minimum absolute atomic E-state index is 0.0488. The van der Waals surface area contributed by atoms with E-state index in [1.54, 1.807) is 37.3 Å². The molecule has 17 nitrogen and oxygen atoms in total. The number of thiazole rings is 1. The Kier molecular flexibility index (Phi) is 11.3. The van der Waals surface area contributed by atoms with E-state index in [1.807, 2.05) is 11.0 Å². The molecule has 20 heteroatoms. The highest BCUT2D eigenvalue weighted by Crippen LogP contribution is 2.46. The summed E-state index contributed by atoms with van der Waals surface area (Å²) in [4.78, 5) is 85.7. The first-order valence-electron chi connectivity index (χ1n) is 21.6. The second-order valence-corrected chi connectivity index (χ2v) is 20.7.